The normalized spacial score (nSPS) is 15.3. The number of carbonyl (C=O) groups is 1. The van der Waals surface area contributed by atoms with Crippen molar-refractivity contribution in [1.82, 2.24) is 5.32 Å². The first-order valence-corrected chi connectivity index (χ1v) is 22.4. The molecule has 0 bridgehead atoms. The summed E-state index contributed by atoms with van der Waals surface area (Å²) in [6.45, 7) is 4.50. The molecule has 0 aromatic rings. The fourth-order valence-electron chi connectivity index (χ4n) is 5.32. The van der Waals surface area contributed by atoms with Crippen LogP contribution < -0.4 is 10.2 Å². The first-order chi connectivity index (χ1) is 26.0. The minimum absolute atomic E-state index is 0.00406. The maximum Gasteiger partial charge on any atom is 0.268 e. The van der Waals surface area contributed by atoms with Gasteiger partial charge in [0.1, 0.15) is 13.2 Å². The number of nitrogens with one attached hydrogen (secondary N) is 1. The van der Waals surface area contributed by atoms with Gasteiger partial charge in [0.05, 0.1) is 39.9 Å². The van der Waals surface area contributed by atoms with Crippen molar-refractivity contribution in [3.05, 3.63) is 85.1 Å². The number of unbranched alkanes of at least 4 members (excludes halogenated alkanes) is 9. The Kier molecular flexibility index (Phi) is 34.8. The predicted octanol–water partition coefficient (Wildman–Crippen LogP) is 10.8. The molecule has 0 rings (SSSR count). The summed E-state index contributed by atoms with van der Waals surface area (Å²) in [5.74, 6) is -0.230. The second-order valence-corrected chi connectivity index (χ2v) is 16.4. The molecule has 0 saturated heterocycles. The van der Waals surface area contributed by atoms with Crippen LogP contribution in [0.5, 0.6) is 0 Å². The van der Waals surface area contributed by atoms with Crippen molar-refractivity contribution in [3.8, 4) is 0 Å². The highest BCUT2D eigenvalue weighted by Crippen LogP contribution is 2.38. The number of allylic oxidation sites excluding steroid dienone is 14. The lowest BCUT2D eigenvalue weighted by Crippen LogP contribution is -2.46. The molecule has 0 aromatic heterocycles. The Morgan fingerprint density at radius 2 is 1.11 bits per heavy atom. The number of amides is 1. The zero-order chi connectivity index (χ0) is 40.0. The van der Waals surface area contributed by atoms with Crippen molar-refractivity contribution in [2.24, 2.45) is 0 Å². The number of quaternary nitrogens is 1. The van der Waals surface area contributed by atoms with Crippen molar-refractivity contribution >= 4 is 13.7 Å². The quantitative estimate of drug-likeness (QED) is 0.0284. The number of hydrogen-bond acceptors (Lipinski definition) is 6. The number of aliphatic hydroxyl groups excluding tert-OH is 1. The Bertz CT molecular complexity index is 1150. The van der Waals surface area contributed by atoms with E-state index in [2.05, 4.69) is 104 Å². The largest absolute Gasteiger partial charge is 0.756 e. The van der Waals surface area contributed by atoms with Crippen molar-refractivity contribution in [2.45, 2.75) is 154 Å². The van der Waals surface area contributed by atoms with Gasteiger partial charge in [-0.1, -0.05) is 157 Å². The van der Waals surface area contributed by atoms with Gasteiger partial charge in [0.15, 0.2) is 0 Å². The summed E-state index contributed by atoms with van der Waals surface area (Å²) in [5.41, 5.74) is 0. The lowest BCUT2D eigenvalue weighted by molar-refractivity contribution is -0.870. The highest BCUT2D eigenvalue weighted by Gasteiger charge is 2.24. The van der Waals surface area contributed by atoms with E-state index in [-0.39, 0.29) is 25.5 Å². The molecule has 0 aliphatic rings. The molecule has 8 nitrogen and oxygen atoms in total. The maximum absolute atomic E-state index is 12.8. The summed E-state index contributed by atoms with van der Waals surface area (Å²) < 4.78 is 23.1. The van der Waals surface area contributed by atoms with Crippen molar-refractivity contribution in [1.29, 1.82) is 0 Å². The van der Waals surface area contributed by atoms with E-state index < -0.39 is 20.0 Å². The van der Waals surface area contributed by atoms with E-state index in [9.17, 15) is 19.4 Å². The van der Waals surface area contributed by atoms with E-state index in [1.165, 1.54) is 38.5 Å². The third-order valence-corrected chi connectivity index (χ3v) is 9.61. The van der Waals surface area contributed by atoms with Crippen LogP contribution in [0.1, 0.15) is 142 Å². The SMILES string of the molecule is CC/C=C\C/C=C\C/C=C\C/C=C\C/C=C\C/C=C\C/C=C\CCCC(=O)NC(COP(=O)([O-])OCC[N+](C)(C)C)C(O)CCCCCCCCCCC. The minimum Gasteiger partial charge on any atom is -0.756 e. The van der Waals surface area contributed by atoms with Crippen LogP contribution in [0.4, 0.5) is 0 Å². The van der Waals surface area contributed by atoms with Crippen LogP contribution in [-0.4, -0.2) is 68.5 Å². The first kappa shape index (κ1) is 51.7. The number of phosphoric ester groups is 1. The molecular formula is C45H79N2O6P. The topological polar surface area (TPSA) is 108 Å². The van der Waals surface area contributed by atoms with E-state index in [4.69, 9.17) is 9.05 Å². The summed E-state index contributed by atoms with van der Waals surface area (Å²) in [6, 6.07) is -0.834. The molecule has 2 N–H and O–H groups in total. The summed E-state index contributed by atoms with van der Waals surface area (Å²) in [6.07, 6.45) is 48.9. The van der Waals surface area contributed by atoms with Crippen LogP contribution in [0, 0.1) is 0 Å². The van der Waals surface area contributed by atoms with E-state index in [0.29, 0.717) is 23.9 Å². The number of aliphatic hydroxyl groups is 1. The lowest BCUT2D eigenvalue weighted by atomic mass is 10.0. The van der Waals surface area contributed by atoms with Gasteiger partial charge in [-0.2, -0.15) is 0 Å². The summed E-state index contributed by atoms with van der Waals surface area (Å²) in [5, 5.41) is 13.8. The minimum atomic E-state index is -4.58. The Morgan fingerprint density at radius 1 is 0.667 bits per heavy atom. The second kappa shape index (κ2) is 36.3. The van der Waals surface area contributed by atoms with Gasteiger partial charge in [0.25, 0.3) is 7.82 Å². The number of carbonyl (C=O) groups excluding carboxylic acids is 1. The Balaban J connectivity index is 4.45. The van der Waals surface area contributed by atoms with E-state index >= 15 is 0 Å². The van der Waals surface area contributed by atoms with Gasteiger partial charge in [-0.15, -0.1) is 0 Å². The maximum atomic E-state index is 12.8. The molecular weight excluding hydrogens is 695 g/mol. The number of nitrogens with zero attached hydrogens (tertiary/aromatic N) is 1. The Labute approximate surface area is 331 Å². The molecule has 9 heteroatoms. The number of hydrogen-bond donors (Lipinski definition) is 2. The first-order valence-electron chi connectivity index (χ1n) is 20.9. The Hall–Kier alpha value is -2.32. The standard InChI is InChI=1S/C45H79N2O6P/c1-6-8-10-12-14-16-17-18-19-20-21-22-23-24-25-26-27-28-29-31-33-35-37-39-45(49)46-43(42-53-54(50,51)52-41-40-47(3,4)5)44(48)38-36-34-32-30-15-13-11-9-7-2/h8,10,14,16,18-19,21-22,24-25,27-28,31,33,43-44,48H,6-7,9,11-13,15,17,20,23,26,29-30,32,34-42H2,1-5H3,(H-,46,49,50,51)/b10-8-,16-14-,19-18-,22-21-,25-24-,28-27-,33-31-. The van der Waals surface area contributed by atoms with Crippen LogP contribution >= 0.6 is 7.82 Å². The third-order valence-electron chi connectivity index (χ3n) is 8.65. The molecule has 0 fully saturated rings. The Morgan fingerprint density at radius 3 is 1.57 bits per heavy atom. The monoisotopic (exact) mass is 775 g/mol. The molecule has 3 unspecified atom stereocenters. The molecule has 0 saturated carbocycles. The van der Waals surface area contributed by atoms with Gasteiger partial charge in [0, 0.05) is 6.42 Å². The van der Waals surface area contributed by atoms with Crippen molar-refractivity contribution in [2.75, 3.05) is 40.9 Å². The average Bonchev–Trinajstić information content (AvgIpc) is 3.12. The molecule has 1 amide bonds. The van der Waals surface area contributed by atoms with Crippen LogP contribution in [0.25, 0.3) is 0 Å². The van der Waals surface area contributed by atoms with Gasteiger partial charge < -0.3 is 28.8 Å². The zero-order valence-electron chi connectivity index (χ0n) is 34.9. The van der Waals surface area contributed by atoms with Crippen LogP contribution in [0.15, 0.2) is 85.1 Å². The fourth-order valence-corrected chi connectivity index (χ4v) is 6.04. The van der Waals surface area contributed by atoms with Crippen LogP contribution in [-0.2, 0) is 18.4 Å². The molecule has 0 aliphatic heterocycles. The average molecular weight is 775 g/mol. The second-order valence-electron chi connectivity index (χ2n) is 15.0. The number of rotatable bonds is 36. The molecule has 3 atom stereocenters. The third kappa shape index (κ3) is 38.0. The van der Waals surface area contributed by atoms with Crippen molar-refractivity contribution < 1.29 is 32.9 Å². The molecule has 0 spiro atoms. The van der Waals surface area contributed by atoms with E-state index in [1.54, 1.807) is 0 Å². The molecule has 310 valence electrons. The van der Waals surface area contributed by atoms with Gasteiger partial charge >= 0.3 is 0 Å². The van der Waals surface area contributed by atoms with E-state index in [0.717, 1.165) is 70.6 Å². The summed E-state index contributed by atoms with van der Waals surface area (Å²) in [4.78, 5) is 25.2. The molecule has 0 aliphatic carbocycles. The van der Waals surface area contributed by atoms with Crippen molar-refractivity contribution in [3.63, 3.8) is 0 Å². The molecule has 0 aromatic carbocycles. The number of likely N-dealkylation sites (N-methyl/N-ethyl adjacent to an activating group) is 1. The van der Waals surface area contributed by atoms with Gasteiger partial charge in [-0.05, 0) is 64.2 Å². The van der Waals surface area contributed by atoms with Gasteiger partial charge in [-0.3, -0.25) is 9.36 Å². The summed E-state index contributed by atoms with van der Waals surface area (Å²) >= 11 is 0. The summed E-state index contributed by atoms with van der Waals surface area (Å²) in [7, 11) is 1.25. The molecule has 0 heterocycles. The number of phosphoric acid groups is 1. The molecule has 0 radical (unpaired) electrons. The van der Waals surface area contributed by atoms with E-state index in [1.807, 2.05) is 21.1 Å². The zero-order valence-corrected chi connectivity index (χ0v) is 35.8. The van der Waals surface area contributed by atoms with Crippen LogP contribution in [0.3, 0.4) is 0 Å². The predicted molar refractivity (Wildman–Crippen MR) is 228 cm³/mol. The highest BCUT2D eigenvalue weighted by molar-refractivity contribution is 7.45. The smallest absolute Gasteiger partial charge is 0.268 e. The van der Waals surface area contributed by atoms with Gasteiger partial charge in [0.2, 0.25) is 5.91 Å². The van der Waals surface area contributed by atoms with Crippen LogP contribution in [0.2, 0.25) is 0 Å². The fraction of sp³-hybridized carbons (Fsp3) is 0.667. The lowest BCUT2D eigenvalue weighted by Gasteiger charge is -2.30. The highest BCUT2D eigenvalue weighted by atomic mass is 31.2. The van der Waals surface area contributed by atoms with Gasteiger partial charge in [-0.25, -0.2) is 0 Å². The molecule has 54 heavy (non-hydrogen) atoms.